The minimum atomic E-state index is -0.668. The molecule has 3 amide bonds. The molecule has 8 heteroatoms. The van der Waals surface area contributed by atoms with Crippen molar-refractivity contribution in [2.24, 2.45) is 0 Å². The Morgan fingerprint density at radius 3 is 2.26 bits per heavy atom. The van der Waals surface area contributed by atoms with Crippen LogP contribution in [-0.4, -0.2) is 36.7 Å². The molecular formula is C23H29N3O5. The first-order valence-corrected chi connectivity index (χ1v) is 10.0. The maximum Gasteiger partial charge on any atom is 0.408 e. The van der Waals surface area contributed by atoms with Gasteiger partial charge in [-0.3, -0.25) is 9.59 Å². The van der Waals surface area contributed by atoms with Gasteiger partial charge >= 0.3 is 6.09 Å². The van der Waals surface area contributed by atoms with Crippen LogP contribution in [0.4, 0.5) is 10.5 Å². The molecule has 0 aliphatic carbocycles. The molecule has 0 fully saturated rings. The van der Waals surface area contributed by atoms with Crippen molar-refractivity contribution in [1.82, 2.24) is 10.6 Å². The molecule has 166 valence electrons. The highest BCUT2D eigenvalue weighted by Gasteiger charge is 2.17. The largest absolute Gasteiger partial charge is 0.494 e. The zero-order valence-corrected chi connectivity index (χ0v) is 18.3. The van der Waals surface area contributed by atoms with Gasteiger partial charge in [-0.2, -0.15) is 0 Å². The summed E-state index contributed by atoms with van der Waals surface area (Å²) in [5, 5.41) is 7.98. The predicted molar refractivity (Wildman–Crippen MR) is 118 cm³/mol. The molecule has 0 saturated heterocycles. The molecule has 8 nitrogen and oxygen atoms in total. The number of amides is 3. The van der Waals surface area contributed by atoms with E-state index in [0.717, 1.165) is 5.56 Å². The van der Waals surface area contributed by atoms with Crippen LogP contribution in [-0.2, 0) is 16.1 Å². The van der Waals surface area contributed by atoms with Crippen molar-refractivity contribution in [3.05, 3.63) is 59.7 Å². The monoisotopic (exact) mass is 427 g/mol. The zero-order valence-electron chi connectivity index (χ0n) is 18.3. The highest BCUT2D eigenvalue weighted by molar-refractivity contribution is 5.95. The van der Waals surface area contributed by atoms with Gasteiger partial charge in [0.05, 0.1) is 6.61 Å². The topological polar surface area (TPSA) is 106 Å². The summed E-state index contributed by atoms with van der Waals surface area (Å²) < 4.78 is 10.5. The maximum absolute atomic E-state index is 12.4. The zero-order chi connectivity index (χ0) is 22.9. The molecule has 0 atom stereocenters. The molecule has 0 saturated carbocycles. The fraction of sp³-hybridized carbons (Fsp3) is 0.348. The molecule has 0 aromatic heterocycles. The highest BCUT2D eigenvalue weighted by Crippen LogP contribution is 2.16. The van der Waals surface area contributed by atoms with Gasteiger partial charge in [-0.1, -0.05) is 18.2 Å². The second-order valence-corrected chi connectivity index (χ2v) is 7.70. The SMILES string of the molecule is CCOc1ccc(C(=O)NCc2ccccc2NC(=O)CNC(=O)OC(C)(C)C)cc1. The molecule has 0 aliphatic heterocycles. The minimum absolute atomic E-state index is 0.224. The highest BCUT2D eigenvalue weighted by atomic mass is 16.6. The second kappa shape index (κ2) is 11.0. The minimum Gasteiger partial charge on any atom is -0.494 e. The smallest absolute Gasteiger partial charge is 0.408 e. The summed E-state index contributed by atoms with van der Waals surface area (Å²) in [5.41, 5.74) is 1.14. The van der Waals surface area contributed by atoms with Crippen molar-refractivity contribution in [2.45, 2.75) is 39.8 Å². The number of rotatable bonds is 8. The van der Waals surface area contributed by atoms with Crippen LogP contribution in [0.2, 0.25) is 0 Å². The molecule has 0 bridgehead atoms. The number of anilines is 1. The summed E-state index contributed by atoms with van der Waals surface area (Å²) in [7, 11) is 0. The number of carbonyl (C=O) groups is 3. The fourth-order valence-corrected chi connectivity index (χ4v) is 2.60. The van der Waals surface area contributed by atoms with Crippen LogP contribution in [0.1, 0.15) is 43.6 Å². The van der Waals surface area contributed by atoms with Crippen molar-refractivity contribution in [1.29, 1.82) is 0 Å². The molecular weight excluding hydrogens is 398 g/mol. The number of hydrogen-bond donors (Lipinski definition) is 3. The van der Waals surface area contributed by atoms with Crippen molar-refractivity contribution in [3.63, 3.8) is 0 Å². The number of carbonyl (C=O) groups excluding carboxylic acids is 3. The number of hydrogen-bond acceptors (Lipinski definition) is 5. The van der Waals surface area contributed by atoms with Crippen LogP contribution in [0.25, 0.3) is 0 Å². The van der Waals surface area contributed by atoms with Gasteiger partial charge in [0.2, 0.25) is 5.91 Å². The van der Waals surface area contributed by atoms with E-state index in [1.165, 1.54) is 0 Å². The van der Waals surface area contributed by atoms with E-state index in [9.17, 15) is 14.4 Å². The van der Waals surface area contributed by atoms with Gasteiger partial charge in [0.25, 0.3) is 5.91 Å². The molecule has 31 heavy (non-hydrogen) atoms. The molecule has 2 aromatic rings. The summed E-state index contributed by atoms with van der Waals surface area (Å²) >= 11 is 0. The van der Waals surface area contributed by atoms with E-state index in [2.05, 4.69) is 16.0 Å². The first-order chi connectivity index (χ1) is 14.7. The number of alkyl carbamates (subject to hydrolysis) is 1. The number of para-hydroxylation sites is 1. The van der Waals surface area contributed by atoms with Crippen molar-refractivity contribution in [3.8, 4) is 5.75 Å². The van der Waals surface area contributed by atoms with E-state index in [1.54, 1.807) is 63.2 Å². The lowest BCUT2D eigenvalue weighted by atomic mass is 10.1. The molecule has 0 radical (unpaired) electrons. The average Bonchev–Trinajstić information content (AvgIpc) is 2.71. The third kappa shape index (κ3) is 8.38. The summed E-state index contributed by atoms with van der Waals surface area (Å²) in [4.78, 5) is 36.3. The van der Waals surface area contributed by atoms with E-state index in [4.69, 9.17) is 9.47 Å². The Balaban J connectivity index is 1.90. The van der Waals surface area contributed by atoms with Gasteiger partial charge in [0.1, 0.15) is 17.9 Å². The third-order valence-electron chi connectivity index (χ3n) is 3.95. The van der Waals surface area contributed by atoms with Crippen molar-refractivity contribution in [2.75, 3.05) is 18.5 Å². The van der Waals surface area contributed by atoms with Crippen LogP contribution in [0, 0.1) is 0 Å². The standard InChI is InChI=1S/C23H29N3O5/c1-5-30-18-12-10-16(11-13-18)21(28)24-14-17-8-6-7-9-19(17)26-20(27)15-25-22(29)31-23(2,3)4/h6-13H,5,14-15H2,1-4H3,(H,24,28)(H,25,29)(H,26,27). The van der Waals surface area contributed by atoms with Crippen LogP contribution in [0.15, 0.2) is 48.5 Å². The van der Waals surface area contributed by atoms with Crippen LogP contribution in [0.3, 0.4) is 0 Å². The number of nitrogens with one attached hydrogen (secondary N) is 3. The van der Waals surface area contributed by atoms with Gasteiger partial charge in [0.15, 0.2) is 0 Å². The van der Waals surface area contributed by atoms with Gasteiger partial charge in [0, 0.05) is 17.8 Å². The lowest BCUT2D eigenvalue weighted by Gasteiger charge is -2.19. The molecule has 2 rings (SSSR count). The number of ether oxygens (including phenoxy) is 2. The first kappa shape index (κ1) is 23.7. The Hall–Kier alpha value is -3.55. The van der Waals surface area contributed by atoms with E-state index in [0.29, 0.717) is 23.6 Å². The summed E-state index contributed by atoms with van der Waals surface area (Å²) in [6.45, 7) is 7.66. The average molecular weight is 428 g/mol. The van der Waals surface area contributed by atoms with E-state index < -0.39 is 17.6 Å². The Kier molecular flexibility index (Phi) is 8.43. The van der Waals surface area contributed by atoms with Gasteiger partial charge in [-0.05, 0) is 63.6 Å². The molecule has 0 unspecified atom stereocenters. The summed E-state index contributed by atoms with van der Waals surface area (Å²) in [5.74, 6) is 0.0546. The van der Waals surface area contributed by atoms with E-state index in [-0.39, 0.29) is 19.0 Å². The summed E-state index contributed by atoms with van der Waals surface area (Å²) in [6.07, 6.45) is -0.668. The Bertz CT molecular complexity index is 904. The van der Waals surface area contributed by atoms with Crippen LogP contribution < -0.4 is 20.7 Å². The quantitative estimate of drug-likeness (QED) is 0.598. The van der Waals surface area contributed by atoms with E-state index in [1.807, 2.05) is 13.0 Å². The van der Waals surface area contributed by atoms with Crippen molar-refractivity contribution >= 4 is 23.6 Å². The van der Waals surface area contributed by atoms with Gasteiger partial charge < -0.3 is 25.4 Å². The maximum atomic E-state index is 12.4. The fourth-order valence-electron chi connectivity index (χ4n) is 2.60. The lowest BCUT2D eigenvalue weighted by molar-refractivity contribution is -0.115. The normalized spacial score (nSPS) is 10.7. The summed E-state index contributed by atoms with van der Waals surface area (Å²) in [6, 6.07) is 14.0. The Morgan fingerprint density at radius 1 is 0.935 bits per heavy atom. The molecule has 3 N–H and O–H groups in total. The Labute approximate surface area is 182 Å². The molecule has 0 heterocycles. The molecule has 2 aromatic carbocycles. The number of benzene rings is 2. The van der Waals surface area contributed by atoms with Gasteiger partial charge in [-0.15, -0.1) is 0 Å². The van der Waals surface area contributed by atoms with Crippen molar-refractivity contribution < 1.29 is 23.9 Å². The third-order valence-corrected chi connectivity index (χ3v) is 3.95. The second-order valence-electron chi connectivity index (χ2n) is 7.70. The first-order valence-electron chi connectivity index (χ1n) is 10.0. The van der Waals surface area contributed by atoms with E-state index >= 15 is 0 Å². The predicted octanol–water partition coefficient (Wildman–Crippen LogP) is 3.48. The molecule has 0 spiro atoms. The molecule has 0 aliphatic rings. The Morgan fingerprint density at radius 2 is 1.61 bits per heavy atom. The van der Waals surface area contributed by atoms with Gasteiger partial charge in [-0.25, -0.2) is 4.79 Å². The van der Waals surface area contributed by atoms with Crippen LogP contribution >= 0.6 is 0 Å². The lowest BCUT2D eigenvalue weighted by Crippen LogP contribution is -2.37. The van der Waals surface area contributed by atoms with Crippen LogP contribution in [0.5, 0.6) is 5.75 Å².